The third-order valence-electron chi connectivity index (χ3n) is 2.81. The van der Waals surface area contributed by atoms with E-state index >= 15 is 0 Å². The molecule has 0 atom stereocenters. The molecule has 1 heterocycles. The van der Waals surface area contributed by atoms with E-state index in [2.05, 4.69) is 4.98 Å². The first-order valence-corrected chi connectivity index (χ1v) is 7.18. The molecule has 1 aromatic carbocycles. The van der Waals surface area contributed by atoms with Gasteiger partial charge in [-0.1, -0.05) is 0 Å². The minimum absolute atomic E-state index is 0.0915. The highest BCUT2D eigenvalue weighted by atomic mass is 32.1. The van der Waals surface area contributed by atoms with Crippen molar-refractivity contribution >= 4 is 11.3 Å². The minimum Gasteiger partial charge on any atom is -0.487 e. The van der Waals surface area contributed by atoms with Crippen LogP contribution in [0.3, 0.4) is 0 Å². The molecule has 2 N–H and O–H groups in total. The van der Waals surface area contributed by atoms with Crippen molar-refractivity contribution in [3.8, 4) is 17.0 Å². The quantitative estimate of drug-likeness (QED) is 0.915. The Hall–Kier alpha value is -1.72. The molecule has 20 heavy (non-hydrogen) atoms. The van der Waals surface area contributed by atoms with E-state index in [4.69, 9.17) is 10.5 Å². The molecule has 0 saturated carbocycles. The van der Waals surface area contributed by atoms with Crippen LogP contribution in [0.5, 0.6) is 5.75 Å². The molecule has 0 fully saturated rings. The van der Waals surface area contributed by atoms with E-state index < -0.39 is 0 Å². The molecule has 1 aromatic heterocycles. The topological polar surface area (TPSA) is 48.1 Å². The van der Waals surface area contributed by atoms with Gasteiger partial charge in [0.2, 0.25) is 0 Å². The van der Waals surface area contributed by atoms with Crippen molar-refractivity contribution in [1.29, 1.82) is 0 Å². The molecule has 0 spiro atoms. The fourth-order valence-electron chi connectivity index (χ4n) is 1.84. The Morgan fingerprint density at radius 3 is 2.85 bits per heavy atom. The monoisotopic (exact) mass is 292 g/mol. The third-order valence-corrected chi connectivity index (χ3v) is 3.58. The Labute approximate surface area is 121 Å². The van der Waals surface area contributed by atoms with Gasteiger partial charge < -0.3 is 10.5 Å². The molecule has 0 aliphatic rings. The van der Waals surface area contributed by atoms with E-state index in [9.17, 15) is 4.39 Å². The highest BCUT2D eigenvalue weighted by Crippen LogP contribution is 2.28. The summed E-state index contributed by atoms with van der Waals surface area (Å²) in [6, 6.07) is 5.66. The molecule has 2 aromatic rings. The zero-order valence-electron chi connectivity index (χ0n) is 11.5. The van der Waals surface area contributed by atoms with Gasteiger partial charge in [0, 0.05) is 17.5 Å². The zero-order chi connectivity index (χ0) is 14.5. The SMILES string of the molecule is Cc1nc(-c2ccc(OC/C(F)=C\CN)cc2C)cs1. The second-order valence-corrected chi connectivity index (χ2v) is 5.47. The van der Waals surface area contributed by atoms with Crippen LogP contribution in [-0.2, 0) is 0 Å². The van der Waals surface area contributed by atoms with Crippen LogP contribution >= 0.6 is 11.3 Å². The maximum atomic E-state index is 13.2. The number of thiazole rings is 1. The van der Waals surface area contributed by atoms with Crippen molar-refractivity contribution in [2.75, 3.05) is 13.2 Å². The average molecular weight is 292 g/mol. The average Bonchev–Trinajstić information content (AvgIpc) is 2.83. The molecule has 2 rings (SSSR count). The Morgan fingerprint density at radius 2 is 2.25 bits per heavy atom. The summed E-state index contributed by atoms with van der Waals surface area (Å²) in [6.07, 6.45) is 1.30. The lowest BCUT2D eigenvalue weighted by atomic mass is 10.1. The molecular formula is C15H17FN2OS. The van der Waals surface area contributed by atoms with Crippen molar-refractivity contribution in [2.24, 2.45) is 5.73 Å². The highest BCUT2D eigenvalue weighted by Gasteiger charge is 2.07. The number of hydrogen-bond donors (Lipinski definition) is 1. The van der Waals surface area contributed by atoms with Gasteiger partial charge in [0.1, 0.15) is 18.2 Å². The van der Waals surface area contributed by atoms with Crippen LogP contribution in [-0.4, -0.2) is 18.1 Å². The maximum absolute atomic E-state index is 13.2. The third kappa shape index (κ3) is 3.65. The van der Waals surface area contributed by atoms with Gasteiger partial charge in [-0.25, -0.2) is 9.37 Å². The van der Waals surface area contributed by atoms with E-state index in [1.54, 1.807) is 11.3 Å². The Bertz CT molecular complexity index is 622. The molecule has 5 heteroatoms. The number of hydrogen-bond acceptors (Lipinski definition) is 4. The van der Waals surface area contributed by atoms with Crippen LogP contribution in [0.2, 0.25) is 0 Å². The first-order valence-electron chi connectivity index (χ1n) is 6.30. The standard InChI is InChI=1S/C15H17FN2OS/c1-10-7-13(19-8-12(16)5-6-17)3-4-14(10)15-9-20-11(2)18-15/h3-5,7,9H,6,8,17H2,1-2H3/b12-5+. The zero-order valence-corrected chi connectivity index (χ0v) is 12.3. The fourth-order valence-corrected chi connectivity index (χ4v) is 2.45. The van der Waals surface area contributed by atoms with E-state index in [1.165, 1.54) is 6.08 Å². The summed E-state index contributed by atoms with van der Waals surface area (Å²) in [5.41, 5.74) is 8.32. The molecule has 0 aliphatic heterocycles. The summed E-state index contributed by atoms with van der Waals surface area (Å²) in [5.74, 6) is 0.281. The summed E-state index contributed by atoms with van der Waals surface area (Å²) < 4.78 is 18.6. The second-order valence-electron chi connectivity index (χ2n) is 4.40. The molecule has 0 aliphatic carbocycles. The molecular weight excluding hydrogens is 275 g/mol. The lowest BCUT2D eigenvalue weighted by molar-refractivity contribution is 0.318. The molecule has 0 bridgehead atoms. The summed E-state index contributed by atoms with van der Waals surface area (Å²) in [4.78, 5) is 4.46. The predicted molar refractivity (Wildman–Crippen MR) is 80.8 cm³/mol. The van der Waals surface area contributed by atoms with Crippen LogP contribution in [0.4, 0.5) is 4.39 Å². The fraction of sp³-hybridized carbons (Fsp3) is 0.267. The van der Waals surface area contributed by atoms with Gasteiger partial charge in [-0.15, -0.1) is 11.3 Å². The van der Waals surface area contributed by atoms with E-state index in [0.717, 1.165) is 21.8 Å². The summed E-state index contributed by atoms with van der Waals surface area (Å²) in [7, 11) is 0. The van der Waals surface area contributed by atoms with E-state index in [0.29, 0.717) is 5.75 Å². The van der Waals surface area contributed by atoms with Crippen LogP contribution in [0.15, 0.2) is 35.5 Å². The number of rotatable bonds is 5. The lowest BCUT2D eigenvalue weighted by Crippen LogP contribution is -2.01. The molecule has 0 unspecified atom stereocenters. The van der Waals surface area contributed by atoms with Crippen molar-refractivity contribution in [3.05, 3.63) is 46.1 Å². The lowest BCUT2D eigenvalue weighted by Gasteiger charge is -2.08. The molecule has 0 amide bonds. The molecule has 0 saturated heterocycles. The Morgan fingerprint density at radius 1 is 1.45 bits per heavy atom. The van der Waals surface area contributed by atoms with Gasteiger partial charge >= 0.3 is 0 Å². The first-order chi connectivity index (χ1) is 9.60. The van der Waals surface area contributed by atoms with Crippen LogP contribution < -0.4 is 10.5 Å². The number of aryl methyl sites for hydroxylation is 2. The number of benzene rings is 1. The normalized spacial score (nSPS) is 11.7. The van der Waals surface area contributed by atoms with Gasteiger partial charge in [-0.3, -0.25) is 0 Å². The van der Waals surface area contributed by atoms with Crippen molar-refractivity contribution < 1.29 is 9.13 Å². The van der Waals surface area contributed by atoms with Gasteiger partial charge in [0.05, 0.1) is 10.7 Å². The van der Waals surface area contributed by atoms with E-state index in [-0.39, 0.29) is 19.0 Å². The summed E-state index contributed by atoms with van der Waals surface area (Å²) >= 11 is 1.62. The minimum atomic E-state index is -0.357. The largest absolute Gasteiger partial charge is 0.487 e. The van der Waals surface area contributed by atoms with Crippen LogP contribution in [0, 0.1) is 13.8 Å². The number of nitrogens with two attached hydrogens (primary N) is 1. The number of ether oxygens (including phenoxy) is 1. The summed E-state index contributed by atoms with van der Waals surface area (Å²) in [6.45, 7) is 4.05. The number of halogens is 1. The number of aromatic nitrogens is 1. The smallest absolute Gasteiger partial charge is 0.139 e. The number of nitrogens with zero attached hydrogens (tertiary/aromatic N) is 1. The second kappa shape index (κ2) is 6.63. The molecule has 0 radical (unpaired) electrons. The first kappa shape index (κ1) is 14.7. The Kier molecular flexibility index (Phi) is 4.87. The van der Waals surface area contributed by atoms with Crippen molar-refractivity contribution in [3.63, 3.8) is 0 Å². The van der Waals surface area contributed by atoms with E-state index in [1.807, 2.05) is 37.4 Å². The molecule has 106 valence electrons. The maximum Gasteiger partial charge on any atom is 0.139 e. The van der Waals surface area contributed by atoms with Gasteiger partial charge in [0.15, 0.2) is 0 Å². The molecule has 3 nitrogen and oxygen atoms in total. The summed E-state index contributed by atoms with van der Waals surface area (Å²) in [5, 5.41) is 3.07. The van der Waals surface area contributed by atoms with Crippen LogP contribution in [0.1, 0.15) is 10.6 Å². The van der Waals surface area contributed by atoms with Crippen molar-refractivity contribution in [2.45, 2.75) is 13.8 Å². The van der Waals surface area contributed by atoms with Crippen molar-refractivity contribution in [1.82, 2.24) is 4.98 Å². The van der Waals surface area contributed by atoms with Gasteiger partial charge in [-0.05, 0) is 43.7 Å². The predicted octanol–water partition coefficient (Wildman–Crippen LogP) is 3.62. The Balaban J connectivity index is 2.12. The van der Waals surface area contributed by atoms with Crippen LogP contribution in [0.25, 0.3) is 11.3 Å². The van der Waals surface area contributed by atoms with Gasteiger partial charge in [0.25, 0.3) is 0 Å². The van der Waals surface area contributed by atoms with Gasteiger partial charge in [-0.2, -0.15) is 0 Å². The highest BCUT2D eigenvalue weighted by molar-refractivity contribution is 7.09.